The minimum Gasteiger partial charge on any atom is -0.345 e. The summed E-state index contributed by atoms with van der Waals surface area (Å²) in [5.41, 5.74) is 3.24. The number of nitrogens with zero attached hydrogens (tertiary/aromatic N) is 4. The Morgan fingerprint density at radius 2 is 1.79 bits per heavy atom. The quantitative estimate of drug-likeness (QED) is 0.683. The maximum Gasteiger partial charge on any atom is 0.254 e. The fourth-order valence-corrected chi connectivity index (χ4v) is 3.93. The maximum atomic E-state index is 13.0. The Kier molecular flexibility index (Phi) is 5.44. The van der Waals surface area contributed by atoms with E-state index in [1.165, 1.54) is 10.9 Å². The number of fused-ring (bicyclic) bond motifs is 1. The molecule has 0 N–H and O–H groups in total. The van der Waals surface area contributed by atoms with Gasteiger partial charge in [-0.15, -0.1) is 0 Å². The molecule has 3 heterocycles. The van der Waals surface area contributed by atoms with Crippen molar-refractivity contribution in [1.82, 2.24) is 19.4 Å². The van der Waals surface area contributed by atoms with Crippen LogP contribution in [0.25, 0.3) is 10.9 Å². The summed E-state index contributed by atoms with van der Waals surface area (Å²) in [6.07, 6.45) is 6.82. The normalized spacial score (nSPS) is 15.5. The maximum absolute atomic E-state index is 13.0. The summed E-state index contributed by atoms with van der Waals surface area (Å²) >= 11 is 0. The number of benzene rings is 1. The van der Waals surface area contributed by atoms with E-state index in [2.05, 4.69) is 58.8 Å². The molecule has 1 aliphatic rings. The summed E-state index contributed by atoms with van der Waals surface area (Å²) < 4.78 is 2.23. The Bertz CT molecular complexity index is 940. The molecule has 146 valence electrons. The summed E-state index contributed by atoms with van der Waals surface area (Å²) in [6.45, 7) is 8.80. The highest BCUT2D eigenvalue weighted by Gasteiger charge is 2.22. The zero-order chi connectivity index (χ0) is 19.5. The minimum atomic E-state index is 0.146. The van der Waals surface area contributed by atoms with Crippen LogP contribution in [-0.4, -0.2) is 58.0 Å². The fourth-order valence-electron chi connectivity index (χ4n) is 3.93. The number of piperazine rings is 1. The first-order valence-electron chi connectivity index (χ1n) is 10.1. The molecule has 3 aromatic rings. The lowest BCUT2D eigenvalue weighted by Crippen LogP contribution is -2.49. The summed E-state index contributed by atoms with van der Waals surface area (Å²) in [4.78, 5) is 21.5. The van der Waals surface area contributed by atoms with Crippen molar-refractivity contribution in [3.63, 3.8) is 0 Å². The summed E-state index contributed by atoms with van der Waals surface area (Å²) in [5, 5.41) is 1.19. The molecule has 4 rings (SSSR count). The molecule has 1 saturated heterocycles. The lowest BCUT2D eigenvalue weighted by Gasteiger charge is -2.34. The van der Waals surface area contributed by atoms with Crippen LogP contribution in [0, 0.1) is 0 Å². The van der Waals surface area contributed by atoms with Crippen LogP contribution in [0.2, 0.25) is 0 Å². The van der Waals surface area contributed by atoms with Gasteiger partial charge in [0.05, 0.1) is 0 Å². The van der Waals surface area contributed by atoms with E-state index in [4.69, 9.17) is 0 Å². The molecule has 0 radical (unpaired) electrons. The molecule has 5 nitrogen and oxygen atoms in total. The Balaban J connectivity index is 1.37. The van der Waals surface area contributed by atoms with Gasteiger partial charge in [0.2, 0.25) is 0 Å². The summed E-state index contributed by atoms with van der Waals surface area (Å²) in [5.74, 6) is 0.146. The van der Waals surface area contributed by atoms with Gasteiger partial charge in [-0.3, -0.25) is 14.7 Å². The number of aromatic nitrogens is 2. The lowest BCUT2D eigenvalue weighted by molar-refractivity contribution is 0.0638. The van der Waals surface area contributed by atoms with E-state index in [9.17, 15) is 4.79 Å². The van der Waals surface area contributed by atoms with E-state index < -0.39 is 0 Å². The molecule has 0 saturated carbocycles. The van der Waals surface area contributed by atoms with Crippen molar-refractivity contribution in [2.24, 2.45) is 0 Å². The molecular formula is C23H28N4O. The summed E-state index contributed by atoms with van der Waals surface area (Å²) in [6, 6.07) is 12.7. The third kappa shape index (κ3) is 3.94. The molecule has 0 bridgehead atoms. The number of hydrogen-bond acceptors (Lipinski definition) is 3. The molecular weight excluding hydrogens is 348 g/mol. The van der Waals surface area contributed by atoms with Crippen molar-refractivity contribution in [2.45, 2.75) is 26.3 Å². The molecule has 1 amide bonds. The molecule has 0 spiro atoms. The molecule has 1 fully saturated rings. The van der Waals surface area contributed by atoms with E-state index >= 15 is 0 Å². The standard InChI is InChI=1S/C23H28N4O/c1-18(2)27-12-8-20-3-4-21(17-22(20)27)23(28)26-15-13-25(14-16-26)11-7-19-5-9-24-10-6-19/h3-6,8-10,12,17-18H,7,11,13-16H2,1-2H3. The van der Waals surface area contributed by atoms with Gasteiger partial charge in [0.15, 0.2) is 0 Å². The number of carbonyl (C=O) groups is 1. The zero-order valence-corrected chi connectivity index (χ0v) is 16.7. The van der Waals surface area contributed by atoms with E-state index in [1.807, 2.05) is 29.4 Å². The van der Waals surface area contributed by atoms with Gasteiger partial charge in [0.1, 0.15) is 0 Å². The first-order valence-corrected chi connectivity index (χ1v) is 10.1. The Labute approximate surface area is 166 Å². The van der Waals surface area contributed by atoms with E-state index in [0.29, 0.717) is 6.04 Å². The number of hydrogen-bond donors (Lipinski definition) is 0. The fraction of sp³-hybridized carbons (Fsp3) is 0.391. The van der Waals surface area contributed by atoms with Crippen LogP contribution < -0.4 is 0 Å². The zero-order valence-electron chi connectivity index (χ0n) is 16.7. The molecule has 0 atom stereocenters. The second-order valence-electron chi connectivity index (χ2n) is 7.83. The molecule has 2 aromatic heterocycles. The smallest absolute Gasteiger partial charge is 0.254 e. The predicted octanol–water partition coefficient (Wildman–Crippen LogP) is 3.62. The van der Waals surface area contributed by atoms with Crippen LogP contribution in [0.15, 0.2) is 55.0 Å². The van der Waals surface area contributed by atoms with Crippen LogP contribution in [0.4, 0.5) is 0 Å². The number of amides is 1. The van der Waals surface area contributed by atoms with Gasteiger partial charge in [-0.2, -0.15) is 0 Å². The third-order valence-electron chi connectivity index (χ3n) is 5.65. The van der Waals surface area contributed by atoms with E-state index in [0.717, 1.165) is 50.2 Å². The first kappa shape index (κ1) is 18.7. The van der Waals surface area contributed by atoms with Crippen molar-refractivity contribution in [1.29, 1.82) is 0 Å². The molecule has 28 heavy (non-hydrogen) atoms. The number of carbonyl (C=O) groups excluding carboxylic acids is 1. The monoisotopic (exact) mass is 376 g/mol. The highest BCUT2D eigenvalue weighted by molar-refractivity contribution is 5.98. The van der Waals surface area contributed by atoms with E-state index in [-0.39, 0.29) is 5.91 Å². The Morgan fingerprint density at radius 3 is 2.50 bits per heavy atom. The molecule has 1 aromatic carbocycles. The van der Waals surface area contributed by atoms with Crippen molar-refractivity contribution in [3.8, 4) is 0 Å². The van der Waals surface area contributed by atoms with Gasteiger partial charge in [0, 0.05) is 68.4 Å². The SMILES string of the molecule is CC(C)n1ccc2ccc(C(=O)N3CCN(CCc4ccncc4)CC3)cc21. The van der Waals surface area contributed by atoms with Crippen LogP contribution in [0.5, 0.6) is 0 Å². The third-order valence-corrected chi connectivity index (χ3v) is 5.65. The number of rotatable bonds is 5. The second kappa shape index (κ2) is 8.15. The van der Waals surface area contributed by atoms with Crippen LogP contribution in [-0.2, 0) is 6.42 Å². The predicted molar refractivity (Wildman–Crippen MR) is 113 cm³/mol. The van der Waals surface area contributed by atoms with Crippen molar-refractivity contribution in [3.05, 3.63) is 66.1 Å². The number of pyridine rings is 1. The van der Waals surface area contributed by atoms with Crippen LogP contribution in [0.3, 0.4) is 0 Å². The average molecular weight is 377 g/mol. The van der Waals surface area contributed by atoms with E-state index in [1.54, 1.807) is 0 Å². The summed E-state index contributed by atoms with van der Waals surface area (Å²) in [7, 11) is 0. The Morgan fingerprint density at radius 1 is 1.04 bits per heavy atom. The van der Waals surface area contributed by atoms with Gasteiger partial charge >= 0.3 is 0 Å². The average Bonchev–Trinajstić information content (AvgIpc) is 3.16. The van der Waals surface area contributed by atoms with Gasteiger partial charge in [-0.1, -0.05) is 6.07 Å². The van der Waals surface area contributed by atoms with Crippen molar-refractivity contribution < 1.29 is 4.79 Å². The second-order valence-corrected chi connectivity index (χ2v) is 7.83. The Hall–Kier alpha value is -2.66. The van der Waals surface area contributed by atoms with Gasteiger partial charge < -0.3 is 9.47 Å². The topological polar surface area (TPSA) is 41.4 Å². The largest absolute Gasteiger partial charge is 0.345 e. The van der Waals surface area contributed by atoms with Gasteiger partial charge in [0.25, 0.3) is 5.91 Å². The molecule has 0 aliphatic carbocycles. The van der Waals surface area contributed by atoms with Crippen LogP contribution >= 0.6 is 0 Å². The van der Waals surface area contributed by atoms with Crippen molar-refractivity contribution >= 4 is 16.8 Å². The molecule has 1 aliphatic heterocycles. The van der Waals surface area contributed by atoms with Crippen molar-refractivity contribution in [2.75, 3.05) is 32.7 Å². The van der Waals surface area contributed by atoms with Gasteiger partial charge in [-0.05, 0) is 61.5 Å². The molecule has 5 heteroatoms. The highest BCUT2D eigenvalue weighted by atomic mass is 16.2. The first-order chi connectivity index (χ1) is 13.6. The van der Waals surface area contributed by atoms with Gasteiger partial charge in [-0.25, -0.2) is 0 Å². The molecule has 0 unspecified atom stereocenters. The van der Waals surface area contributed by atoms with Crippen LogP contribution in [0.1, 0.15) is 35.8 Å². The lowest BCUT2D eigenvalue weighted by atomic mass is 10.1. The minimum absolute atomic E-state index is 0.146. The highest BCUT2D eigenvalue weighted by Crippen LogP contribution is 2.22.